The van der Waals surface area contributed by atoms with Crippen molar-refractivity contribution in [1.82, 2.24) is 0 Å². The second-order valence-corrected chi connectivity index (χ2v) is 6.27. The van der Waals surface area contributed by atoms with E-state index < -0.39 is 10.0 Å². The van der Waals surface area contributed by atoms with Gasteiger partial charge in [-0.05, 0) is 46.3 Å². The van der Waals surface area contributed by atoms with Gasteiger partial charge in [-0.25, -0.2) is 13.6 Å². The van der Waals surface area contributed by atoms with Crippen molar-refractivity contribution >= 4 is 31.6 Å². The highest BCUT2D eigenvalue weighted by Crippen LogP contribution is 2.24. The maximum absolute atomic E-state index is 11.1. The zero-order chi connectivity index (χ0) is 14.8. The molecule has 0 bridgehead atoms. The summed E-state index contributed by atoms with van der Waals surface area (Å²) < 4.78 is 28.0. The SMILES string of the molecule is N#Cc1ccc(NCc2ccc(S(N)(=O)=O)o2)c(Br)c1. The van der Waals surface area contributed by atoms with Crippen LogP contribution in [0.5, 0.6) is 0 Å². The molecule has 0 aliphatic carbocycles. The molecule has 0 aliphatic heterocycles. The first kappa shape index (κ1) is 14.6. The summed E-state index contributed by atoms with van der Waals surface area (Å²) in [6.07, 6.45) is 0. The fourth-order valence-corrected chi connectivity index (χ4v) is 2.52. The number of halogens is 1. The molecule has 0 amide bonds. The van der Waals surface area contributed by atoms with E-state index in [1.54, 1.807) is 18.2 Å². The Bertz CT molecular complexity index is 777. The number of nitrogens with one attached hydrogen (secondary N) is 1. The minimum Gasteiger partial charge on any atom is -0.446 e. The molecule has 1 aromatic heterocycles. The first-order valence-electron chi connectivity index (χ1n) is 5.45. The van der Waals surface area contributed by atoms with Crippen LogP contribution in [-0.4, -0.2) is 8.42 Å². The molecule has 104 valence electrons. The molecule has 8 heteroatoms. The van der Waals surface area contributed by atoms with Crippen LogP contribution in [0.15, 0.2) is 44.3 Å². The highest BCUT2D eigenvalue weighted by Gasteiger charge is 2.13. The standard InChI is InChI=1S/C12H10BrN3O3S/c13-10-5-8(6-14)1-3-11(10)16-7-9-2-4-12(19-9)20(15,17)18/h1-5,16H,7H2,(H2,15,17,18). The van der Waals surface area contributed by atoms with Crippen LogP contribution < -0.4 is 10.5 Å². The Balaban J connectivity index is 2.10. The third-order valence-electron chi connectivity index (χ3n) is 2.47. The van der Waals surface area contributed by atoms with Gasteiger partial charge in [-0.1, -0.05) is 0 Å². The van der Waals surface area contributed by atoms with E-state index in [2.05, 4.69) is 21.2 Å². The van der Waals surface area contributed by atoms with Gasteiger partial charge < -0.3 is 9.73 Å². The van der Waals surface area contributed by atoms with Crippen molar-refractivity contribution in [3.8, 4) is 6.07 Å². The van der Waals surface area contributed by atoms with Gasteiger partial charge in [0, 0.05) is 10.2 Å². The first-order chi connectivity index (χ1) is 9.40. The molecule has 0 atom stereocenters. The largest absolute Gasteiger partial charge is 0.446 e. The molecule has 1 heterocycles. The summed E-state index contributed by atoms with van der Waals surface area (Å²) in [5, 5.41) is 16.5. The highest BCUT2D eigenvalue weighted by atomic mass is 79.9. The summed E-state index contributed by atoms with van der Waals surface area (Å²) >= 11 is 3.34. The van der Waals surface area contributed by atoms with Crippen LogP contribution in [0, 0.1) is 11.3 Å². The van der Waals surface area contributed by atoms with E-state index in [1.165, 1.54) is 12.1 Å². The van der Waals surface area contributed by atoms with E-state index in [1.807, 2.05) is 6.07 Å². The van der Waals surface area contributed by atoms with Crippen LogP contribution in [0.2, 0.25) is 0 Å². The smallest absolute Gasteiger partial charge is 0.271 e. The molecule has 2 rings (SSSR count). The number of rotatable bonds is 4. The molecule has 0 saturated heterocycles. The van der Waals surface area contributed by atoms with E-state index in [9.17, 15) is 8.42 Å². The highest BCUT2D eigenvalue weighted by molar-refractivity contribution is 9.10. The fraction of sp³-hybridized carbons (Fsp3) is 0.0833. The molecule has 20 heavy (non-hydrogen) atoms. The molecule has 2 aromatic rings. The lowest BCUT2D eigenvalue weighted by Crippen LogP contribution is -2.10. The molecular formula is C12H10BrN3O3S. The fourth-order valence-electron chi connectivity index (χ4n) is 1.52. The number of benzene rings is 1. The Morgan fingerprint density at radius 1 is 1.35 bits per heavy atom. The number of furan rings is 1. The second kappa shape index (κ2) is 5.66. The minimum atomic E-state index is -3.82. The van der Waals surface area contributed by atoms with Crippen LogP contribution >= 0.6 is 15.9 Å². The van der Waals surface area contributed by atoms with Crippen LogP contribution in [0.25, 0.3) is 0 Å². The second-order valence-electron chi connectivity index (χ2n) is 3.93. The Hall–Kier alpha value is -1.82. The van der Waals surface area contributed by atoms with Crippen LogP contribution in [0.1, 0.15) is 11.3 Å². The molecule has 0 spiro atoms. The predicted molar refractivity (Wildman–Crippen MR) is 76.3 cm³/mol. The van der Waals surface area contributed by atoms with Crippen molar-refractivity contribution in [3.63, 3.8) is 0 Å². The Kier molecular flexibility index (Phi) is 4.13. The summed E-state index contributed by atoms with van der Waals surface area (Å²) in [6.45, 7) is 0.292. The Labute approximate surface area is 124 Å². The maximum Gasteiger partial charge on any atom is 0.271 e. The predicted octanol–water partition coefficient (Wildman–Crippen LogP) is 2.17. The van der Waals surface area contributed by atoms with E-state index >= 15 is 0 Å². The normalized spacial score (nSPS) is 11.1. The minimum absolute atomic E-state index is 0.270. The topological polar surface area (TPSA) is 109 Å². The van der Waals surface area contributed by atoms with Crippen molar-refractivity contribution in [2.45, 2.75) is 11.6 Å². The van der Waals surface area contributed by atoms with E-state index in [0.717, 1.165) is 10.2 Å². The number of nitriles is 1. The van der Waals surface area contributed by atoms with Crippen LogP contribution in [0.3, 0.4) is 0 Å². The molecule has 3 N–H and O–H groups in total. The third-order valence-corrected chi connectivity index (χ3v) is 3.91. The number of nitrogens with zero attached hydrogens (tertiary/aromatic N) is 1. The quantitative estimate of drug-likeness (QED) is 0.873. The number of primary sulfonamides is 1. The van der Waals surface area contributed by atoms with E-state index in [4.69, 9.17) is 14.8 Å². The third kappa shape index (κ3) is 3.39. The van der Waals surface area contributed by atoms with Gasteiger partial charge in [-0.15, -0.1) is 0 Å². The summed E-state index contributed by atoms with van der Waals surface area (Å²) in [6, 6.07) is 9.96. The summed E-state index contributed by atoms with van der Waals surface area (Å²) in [7, 11) is -3.82. The molecule has 0 aliphatic rings. The Morgan fingerprint density at radius 2 is 2.10 bits per heavy atom. The monoisotopic (exact) mass is 355 g/mol. The summed E-state index contributed by atoms with van der Waals surface area (Å²) in [4.78, 5) is 0. The van der Waals surface area contributed by atoms with Crippen molar-refractivity contribution in [3.05, 3.63) is 46.1 Å². The van der Waals surface area contributed by atoms with Gasteiger partial charge in [0.2, 0.25) is 5.09 Å². The average Bonchev–Trinajstić information content (AvgIpc) is 2.86. The summed E-state index contributed by atoms with van der Waals surface area (Å²) in [5.74, 6) is 0.435. The van der Waals surface area contributed by atoms with Gasteiger partial charge in [0.1, 0.15) is 5.76 Å². The number of sulfonamides is 1. The number of anilines is 1. The zero-order valence-electron chi connectivity index (χ0n) is 10.1. The van der Waals surface area contributed by atoms with Crippen molar-refractivity contribution < 1.29 is 12.8 Å². The lowest BCUT2D eigenvalue weighted by Gasteiger charge is -2.07. The van der Waals surface area contributed by atoms with Gasteiger partial charge in [-0.2, -0.15) is 5.26 Å². The lowest BCUT2D eigenvalue weighted by molar-refractivity contribution is 0.419. The molecule has 0 radical (unpaired) electrons. The Morgan fingerprint density at radius 3 is 2.65 bits per heavy atom. The molecule has 1 aromatic carbocycles. The van der Waals surface area contributed by atoms with Crippen LogP contribution in [0.4, 0.5) is 5.69 Å². The number of nitrogens with two attached hydrogens (primary N) is 1. The van der Waals surface area contributed by atoms with E-state index in [0.29, 0.717) is 17.9 Å². The first-order valence-corrected chi connectivity index (χ1v) is 7.79. The van der Waals surface area contributed by atoms with Gasteiger partial charge in [0.25, 0.3) is 10.0 Å². The molecule has 0 fully saturated rings. The van der Waals surface area contributed by atoms with Gasteiger partial charge >= 0.3 is 0 Å². The maximum atomic E-state index is 11.1. The number of hydrogen-bond donors (Lipinski definition) is 2. The average molecular weight is 356 g/mol. The van der Waals surface area contributed by atoms with Crippen molar-refractivity contribution in [1.29, 1.82) is 5.26 Å². The molecule has 0 unspecified atom stereocenters. The number of hydrogen-bond acceptors (Lipinski definition) is 5. The summed E-state index contributed by atoms with van der Waals surface area (Å²) in [5.41, 5.74) is 1.30. The zero-order valence-corrected chi connectivity index (χ0v) is 12.5. The lowest BCUT2D eigenvalue weighted by atomic mass is 10.2. The van der Waals surface area contributed by atoms with Gasteiger partial charge in [0.15, 0.2) is 0 Å². The van der Waals surface area contributed by atoms with Crippen LogP contribution in [-0.2, 0) is 16.6 Å². The van der Waals surface area contributed by atoms with Crippen molar-refractivity contribution in [2.75, 3.05) is 5.32 Å². The van der Waals surface area contributed by atoms with Gasteiger partial charge in [0.05, 0.1) is 18.2 Å². The molecule has 0 saturated carbocycles. The molecule has 6 nitrogen and oxygen atoms in total. The van der Waals surface area contributed by atoms with E-state index in [-0.39, 0.29) is 5.09 Å². The molecular weight excluding hydrogens is 346 g/mol. The van der Waals surface area contributed by atoms with Crippen molar-refractivity contribution in [2.24, 2.45) is 5.14 Å². The van der Waals surface area contributed by atoms with Gasteiger partial charge in [-0.3, -0.25) is 0 Å².